The topological polar surface area (TPSA) is 97.0 Å². The van der Waals surface area contributed by atoms with Gasteiger partial charge in [-0.1, -0.05) is 62.9 Å². The van der Waals surface area contributed by atoms with E-state index in [1.807, 2.05) is 26.0 Å². The molecule has 0 aromatic heterocycles. The number of hydrogen-bond donors (Lipinski definition) is 2. The van der Waals surface area contributed by atoms with E-state index >= 15 is 0 Å². The molecular formula is C28H24BrCl2N3O5. The van der Waals surface area contributed by atoms with Crippen LogP contribution in [0.3, 0.4) is 0 Å². The van der Waals surface area contributed by atoms with Gasteiger partial charge in [0, 0.05) is 25.8 Å². The van der Waals surface area contributed by atoms with Gasteiger partial charge in [-0.15, -0.1) is 0 Å². The highest BCUT2D eigenvalue weighted by Gasteiger charge is 2.35. The Hall–Kier alpha value is -3.53. The smallest absolute Gasteiger partial charge is 0.329 e. The first kappa shape index (κ1) is 28.5. The van der Waals surface area contributed by atoms with Gasteiger partial charge in [-0.05, 0) is 61.9 Å². The fourth-order valence-electron chi connectivity index (χ4n) is 3.69. The lowest BCUT2D eigenvalue weighted by molar-refractivity contribution is -0.127. The van der Waals surface area contributed by atoms with E-state index in [4.69, 9.17) is 32.7 Å². The molecule has 0 radical (unpaired) electrons. The molecule has 1 fully saturated rings. The van der Waals surface area contributed by atoms with E-state index in [2.05, 4.69) is 26.6 Å². The molecule has 0 unspecified atom stereocenters. The highest BCUT2D eigenvalue weighted by atomic mass is 79.9. The summed E-state index contributed by atoms with van der Waals surface area (Å²) in [5.74, 6) is -0.232. The molecule has 1 aliphatic rings. The molecular weight excluding hydrogens is 609 g/mol. The van der Waals surface area contributed by atoms with Crippen molar-refractivity contribution in [1.82, 2.24) is 10.2 Å². The van der Waals surface area contributed by atoms with E-state index in [9.17, 15) is 14.4 Å². The predicted molar refractivity (Wildman–Crippen MR) is 154 cm³/mol. The number of hydrogen-bond acceptors (Lipinski definition) is 5. The number of nitrogens with one attached hydrogen (secondary N) is 2. The normalized spacial score (nSPS) is 14.0. The molecule has 3 aromatic carbocycles. The molecule has 0 spiro atoms. The summed E-state index contributed by atoms with van der Waals surface area (Å²) in [6, 6.07) is 15.0. The van der Waals surface area contributed by atoms with E-state index in [-0.39, 0.29) is 12.3 Å². The van der Waals surface area contributed by atoms with E-state index in [1.54, 1.807) is 42.5 Å². The molecule has 2 N–H and O–H groups in total. The van der Waals surface area contributed by atoms with E-state index < -0.39 is 24.4 Å². The number of imide groups is 1. The number of aryl methyl sites for hydroxylation is 1. The van der Waals surface area contributed by atoms with Gasteiger partial charge >= 0.3 is 6.03 Å². The van der Waals surface area contributed by atoms with Crippen LogP contribution in [0, 0.1) is 6.92 Å². The van der Waals surface area contributed by atoms with Crippen LogP contribution in [0.1, 0.15) is 23.6 Å². The minimum Gasteiger partial charge on any atom is -0.490 e. The summed E-state index contributed by atoms with van der Waals surface area (Å²) < 4.78 is 12.3. The number of amides is 4. The number of carbonyl (C=O) groups is 3. The van der Waals surface area contributed by atoms with Crippen LogP contribution in [0.15, 0.2) is 64.8 Å². The summed E-state index contributed by atoms with van der Waals surface area (Å²) in [5, 5.41) is 6.22. The quantitative estimate of drug-likeness (QED) is 0.205. The van der Waals surface area contributed by atoms with Gasteiger partial charge in [-0.2, -0.15) is 0 Å². The predicted octanol–water partition coefficient (Wildman–Crippen LogP) is 6.57. The first-order valence-corrected chi connectivity index (χ1v) is 13.4. The summed E-state index contributed by atoms with van der Waals surface area (Å²) >= 11 is 15.7. The summed E-state index contributed by atoms with van der Waals surface area (Å²) in [7, 11) is 0. The van der Waals surface area contributed by atoms with Gasteiger partial charge in [0.05, 0.1) is 6.61 Å². The summed E-state index contributed by atoms with van der Waals surface area (Å²) in [5.41, 5.74) is 2.94. The molecule has 1 heterocycles. The third-order valence-corrected chi connectivity index (χ3v) is 6.93. The molecule has 1 saturated heterocycles. The monoisotopic (exact) mass is 631 g/mol. The molecule has 202 valence electrons. The van der Waals surface area contributed by atoms with Gasteiger partial charge in [-0.25, -0.2) is 9.69 Å². The van der Waals surface area contributed by atoms with Crippen molar-refractivity contribution in [1.29, 1.82) is 0 Å². The van der Waals surface area contributed by atoms with E-state index in [0.29, 0.717) is 43.9 Å². The number of anilines is 1. The van der Waals surface area contributed by atoms with Crippen LogP contribution in [0.2, 0.25) is 10.0 Å². The second-order valence-electron chi connectivity index (χ2n) is 8.57. The second-order valence-corrected chi connectivity index (χ2v) is 10.3. The van der Waals surface area contributed by atoms with E-state index in [0.717, 1.165) is 16.0 Å². The van der Waals surface area contributed by atoms with Gasteiger partial charge in [0.1, 0.15) is 18.8 Å². The highest BCUT2D eigenvalue weighted by Crippen LogP contribution is 2.36. The maximum atomic E-state index is 13.0. The Morgan fingerprint density at radius 1 is 1.05 bits per heavy atom. The Balaban J connectivity index is 1.49. The Bertz CT molecular complexity index is 1460. The number of ether oxygens (including phenoxy) is 2. The number of urea groups is 1. The lowest BCUT2D eigenvalue weighted by Gasteiger charge is -2.15. The van der Waals surface area contributed by atoms with Crippen LogP contribution < -0.4 is 20.1 Å². The van der Waals surface area contributed by atoms with Crippen LogP contribution in [-0.4, -0.2) is 35.9 Å². The Kier molecular flexibility index (Phi) is 9.16. The average Bonchev–Trinajstić information content (AvgIpc) is 3.14. The summed E-state index contributed by atoms with van der Waals surface area (Å²) in [4.78, 5) is 38.8. The fraction of sp³-hybridized carbons (Fsp3) is 0.179. The Labute approximate surface area is 244 Å². The zero-order chi connectivity index (χ0) is 28.1. The maximum absolute atomic E-state index is 13.0. The lowest BCUT2D eigenvalue weighted by atomic mass is 10.1. The summed E-state index contributed by atoms with van der Waals surface area (Å²) in [6.45, 7) is 3.88. The number of halogens is 3. The molecule has 0 saturated carbocycles. The zero-order valence-corrected chi connectivity index (χ0v) is 24.1. The van der Waals surface area contributed by atoms with E-state index in [1.165, 1.54) is 6.08 Å². The van der Waals surface area contributed by atoms with Crippen LogP contribution in [-0.2, 0) is 16.2 Å². The average molecular weight is 633 g/mol. The van der Waals surface area contributed by atoms with Crippen molar-refractivity contribution in [2.45, 2.75) is 20.5 Å². The molecule has 39 heavy (non-hydrogen) atoms. The van der Waals surface area contributed by atoms with Gasteiger partial charge in [0.2, 0.25) is 5.91 Å². The van der Waals surface area contributed by atoms with Crippen molar-refractivity contribution < 1.29 is 23.9 Å². The Morgan fingerprint density at radius 2 is 1.77 bits per heavy atom. The van der Waals surface area contributed by atoms with Crippen molar-refractivity contribution in [2.24, 2.45) is 0 Å². The molecule has 4 rings (SSSR count). The molecule has 4 amide bonds. The van der Waals surface area contributed by atoms with Crippen LogP contribution in [0.5, 0.6) is 11.5 Å². The number of nitrogens with zero attached hydrogens (tertiary/aromatic N) is 1. The molecule has 0 aliphatic carbocycles. The molecule has 11 heteroatoms. The standard InChI is InChI=1S/C28H24BrCl2N3O5/c1-3-38-24-11-18(21(29)13-25(24)39-15-17-6-7-19(30)12-22(17)31)10-23-27(36)34(28(37)33-23)14-26(35)32-20-8-4-16(2)5-9-20/h4-13H,3,14-15H2,1-2H3,(H,32,35)(H,33,37)/b23-10+. The van der Waals surface area contributed by atoms with Crippen molar-refractivity contribution in [3.63, 3.8) is 0 Å². The number of benzene rings is 3. The first-order chi connectivity index (χ1) is 18.6. The minimum absolute atomic E-state index is 0.0212. The lowest BCUT2D eigenvalue weighted by Crippen LogP contribution is -2.38. The largest absolute Gasteiger partial charge is 0.490 e. The van der Waals surface area contributed by atoms with Gasteiger partial charge in [0.15, 0.2) is 11.5 Å². The number of carbonyl (C=O) groups excluding carboxylic acids is 3. The van der Waals surface area contributed by atoms with Gasteiger partial charge < -0.3 is 20.1 Å². The van der Waals surface area contributed by atoms with Crippen molar-refractivity contribution >= 4 is 68.7 Å². The third-order valence-electron chi connectivity index (χ3n) is 5.66. The third kappa shape index (κ3) is 7.11. The van der Waals surface area contributed by atoms with Crippen LogP contribution in [0.4, 0.5) is 10.5 Å². The SMILES string of the molecule is CCOc1cc(/C=C2/NC(=O)N(CC(=O)Nc3ccc(C)cc3)C2=O)c(Br)cc1OCc1ccc(Cl)cc1Cl. The second kappa shape index (κ2) is 12.5. The van der Waals surface area contributed by atoms with Crippen LogP contribution >= 0.6 is 39.1 Å². The molecule has 0 atom stereocenters. The molecule has 3 aromatic rings. The molecule has 0 bridgehead atoms. The number of rotatable bonds is 9. The Morgan fingerprint density at radius 3 is 2.46 bits per heavy atom. The fourth-order valence-corrected chi connectivity index (χ4v) is 4.59. The van der Waals surface area contributed by atoms with Gasteiger partial charge in [-0.3, -0.25) is 9.59 Å². The maximum Gasteiger partial charge on any atom is 0.329 e. The van der Waals surface area contributed by atoms with Gasteiger partial charge in [0.25, 0.3) is 5.91 Å². The molecule has 1 aliphatic heterocycles. The zero-order valence-electron chi connectivity index (χ0n) is 21.0. The highest BCUT2D eigenvalue weighted by molar-refractivity contribution is 9.10. The summed E-state index contributed by atoms with van der Waals surface area (Å²) in [6.07, 6.45) is 1.50. The van der Waals surface area contributed by atoms with Crippen molar-refractivity contribution in [3.05, 3.63) is 91.5 Å². The van der Waals surface area contributed by atoms with Crippen molar-refractivity contribution in [3.8, 4) is 11.5 Å². The van der Waals surface area contributed by atoms with Crippen molar-refractivity contribution in [2.75, 3.05) is 18.5 Å². The van der Waals surface area contributed by atoms with Crippen LogP contribution in [0.25, 0.3) is 6.08 Å². The first-order valence-electron chi connectivity index (χ1n) is 11.9. The molecule has 8 nitrogen and oxygen atoms in total. The minimum atomic E-state index is -0.689.